The highest BCUT2D eigenvalue weighted by atomic mass is 32.1. The molecule has 0 saturated heterocycles. The van der Waals surface area contributed by atoms with E-state index in [2.05, 4.69) is 27.7 Å². The number of pyridine rings is 1. The van der Waals surface area contributed by atoms with Gasteiger partial charge in [0.1, 0.15) is 17.9 Å². The van der Waals surface area contributed by atoms with Crippen LogP contribution in [0, 0.1) is 12.8 Å². The lowest BCUT2D eigenvalue weighted by Gasteiger charge is -2.15. The number of rotatable bonds is 5. The van der Waals surface area contributed by atoms with E-state index in [9.17, 15) is 14.4 Å². The normalized spacial score (nSPS) is 15.5. The van der Waals surface area contributed by atoms with E-state index in [4.69, 9.17) is 4.52 Å². The maximum Gasteiger partial charge on any atom is 0.263 e. The van der Waals surface area contributed by atoms with Crippen LogP contribution in [0.1, 0.15) is 40.0 Å². The van der Waals surface area contributed by atoms with Crippen LogP contribution < -0.4 is 16.2 Å². The van der Waals surface area contributed by atoms with E-state index in [1.165, 1.54) is 33.0 Å². The Hall–Kier alpha value is -3.27. The molecule has 0 radical (unpaired) electrons. The fourth-order valence-corrected chi connectivity index (χ4v) is 4.54. The van der Waals surface area contributed by atoms with Crippen molar-refractivity contribution in [3.05, 3.63) is 56.6 Å². The lowest BCUT2D eigenvalue weighted by Crippen LogP contribution is -2.32. The number of nitrogens with one attached hydrogen (secondary N) is 2. The first-order chi connectivity index (χ1) is 14.4. The number of aryl methyl sites for hydroxylation is 2. The zero-order chi connectivity index (χ0) is 21.3. The summed E-state index contributed by atoms with van der Waals surface area (Å²) in [5, 5.41) is 9.49. The Bertz CT molecular complexity index is 1160. The molecule has 10 heteroatoms. The zero-order valence-electron chi connectivity index (χ0n) is 16.6. The summed E-state index contributed by atoms with van der Waals surface area (Å²) in [6.45, 7) is 3.68. The van der Waals surface area contributed by atoms with Crippen molar-refractivity contribution in [1.82, 2.24) is 14.7 Å². The Kier molecular flexibility index (Phi) is 5.49. The van der Waals surface area contributed by atoms with Crippen LogP contribution in [0.2, 0.25) is 0 Å². The Labute approximate surface area is 176 Å². The standard InChI is InChI=1S/C20H21N5O4S/c1-11-5-6-14-15(8-11)30-20(21-14)23-17(26)10-25-7-3-4-13(19(25)28)18(27)22-16-9-12(2)29-24-16/h3-4,7,9,11H,5-6,8,10H2,1-2H3,(H,21,23,26)(H,22,24,27)/t11-/m0/s1. The molecule has 0 saturated carbocycles. The second-order valence-corrected chi connectivity index (χ2v) is 8.50. The van der Waals surface area contributed by atoms with E-state index in [0.717, 1.165) is 25.0 Å². The van der Waals surface area contributed by atoms with Gasteiger partial charge in [-0.3, -0.25) is 14.4 Å². The van der Waals surface area contributed by atoms with Crippen molar-refractivity contribution in [2.75, 3.05) is 10.6 Å². The van der Waals surface area contributed by atoms with Crippen LogP contribution in [0.5, 0.6) is 0 Å². The molecule has 0 aliphatic heterocycles. The Morgan fingerprint density at radius 1 is 1.37 bits per heavy atom. The van der Waals surface area contributed by atoms with Crippen molar-refractivity contribution in [3.63, 3.8) is 0 Å². The molecular formula is C20H21N5O4S. The summed E-state index contributed by atoms with van der Waals surface area (Å²) in [4.78, 5) is 43.2. The summed E-state index contributed by atoms with van der Waals surface area (Å²) in [6, 6.07) is 4.48. The van der Waals surface area contributed by atoms with Crippen LogP contribution in [-0.4, -0.2) is 26.5 Å². The smallest absolute Gasteiger partial charge is 0.263 e. The molecule has 156 valence electrons. The monoisotopic (exact) mass is 427 g/mol. The molecule has 0 fully saturated rings. The Balaban J connectivity index is 1.44. The van der Waals surface area contributed by atoms with Crippen LogP contribution in [0.3, 0.4) is 0 Å². The van der Waals surface area contributed by atoms with Gasteiger partial charge in [-0.15, -0.1) is 11.3 Å². The molecular weight excluding hydrogens is 406 g/mol. The van der Waals surface area contributed by atoms with Gasteiger partial charge in [0.25, 0.3) is 11.5 Å². The van der Waals surface area contributed by atoms with Gasteiger partial charge in [0, 0.05) is 17.1 Å². The predicted octanol–water partition coefficient (Wildman–Crippen LogP) is 2.62. The summed E-state index contributed by atoms with van der Waals surface area (Å²) in [5.41, 5.74) is 0.384. The molecule has 0 aromatic carbocycles. The van der Waals surface area contributed by atoms with Gasteiger partial charge in [0.05, 0.1) is 5.69 Å². The average molecular weight is 427 g/mol. The molecule has 3 aromatic heterocycles. The maximum absolute atomic E-state index is 12.7. The quantitative estimate of drug-likeness (QED) is 0.646. The second kappa shape index (κ2) is 8.23. The number of fused-ring (bicyclic) bond motifs is 1. The first-order valence-electron chi connectivity index (χ1n) is 9.61. The van der Waals surface area contributed by atoms with Crippen molar-refractivity contribution in [2.45, 2.75) is 39.7 Å². The first kappa shape index (κ1) is 20.0. The number of hydrogen-bond donors (Lipinski definition) is 2. The summed E-state index contributed by atoms with van der Waals surface area (Å²) in [7, 11) is 0. The van der Waals surface area contributed by atoms with Crippen LogP contribution in [0.25, 0.3) is 0 Å². The minimum absolute atomic E-state index is 0.0929. The third kappa shape index (κ3) is 4.33. The molecule has 2 amide bonds. The molecule has 0 bridgehead atoms. The molecule has 0 spiro atoms. The molecule has 3 aromatic rings. The number of hydrogen-bond acceptors (Lipinski definition) is 7. The number of thiazole rings is 1. The number of amides is 2. The summed E-state index contributed by atoms with van der Waals surface area (Å²) in [5.74, 6) is 0.374. The van der Waals surface area contributed by atoms with Crippen LogP contribution in [0.15, 0.2) is 33.7 Å². The topological polar surface area (TPSA) is 119 Å². The van der Waals surface area contributed by atoms with Gasteiger partial charge < -0.3 is 19.7 Å². The number of anilines is 2. The van der Waals surface area contributed by atoms with E-state index >= 15 is 0 Å². The lowest BCUT2D eigenvalue weighted by atomic mass is 9.93. The van der Waals surface area contributed by atoms with Crippen LogP contribution in [0.4, 0.5) is 10.9 Å². The molecule has 0 unspecified atom stereocenters. The summed E-state index contributed by atoms with van der Waals surface area (Å²) >= 11 is 1.48. The molecule has 9 nitrogen and oxygen atoms in total. The van der Waals surface area contributed by atoms with Gasteiger partial charge in [-0.2, -0.15) is 0 Å². The molecule has 3 heterocycles. The lowest BCUT2D eigenvalue weighted by molar-refractivity contribution is -0.116. The van der Waals surface area contributed by atoms with Gasteiger partial charge in [-0.05, 0) is 44.2 Å². The van der Waals surface area contributed by atoms with Gasteiger partial charge in [-0.25, -0.2) is 4.98 Å². The minimum Gasteiger partial charge on any atom is -0.360 e. The SMILES string of the molecule is Cc1cc(NC(=O)c2cccn(CC(=O)Nc3nc4c(s3)C[C@@H](C)CC4)c2=O)no1. The zero-order valence-corrected chi connectivity index (χ0v) is 17.4. The fraction of sp³-hybridized carbons (Fsp3) is 0.350. The highest BCUT2D eigenvalue weighted by Gasteiger charge is 2.21. The molecule has 2 N–H and O–H groups in total. The number of nitrogens with zero attached hydrogens (tertiary/aromatic N) is 3. The highest BCUT2D eigenvalue weighted by molar-refractivity contribution is 7.15. The molecule has 1 aliphatic carbocycles. The van der Waals surface area contributed by atoms with Crippen molar-refractivity contribution >= 4 is 34.1 Å². The van der Waals surface area contributed by atoms with Crippen molar-refractivity contribution in [2.24, 2.45) is 5.92 Å². The van der Waals surface area contributed by atoms with E-state index in [-0.39, 0.29) is 23.8 Å². The van der Waals surface area contributed by atoms with Crippen molar-refractivity contribution < 1.29 is 14.1 Å². The molecule has 1 aliphatic rings. The second-order valence-electron chi connectivity index (χ2n) is 7.42. The molecule has 4 rings (SSSR count). The van der Waals surface area contributed by atoms with Crippen LogP contribution in [-0.2, 0) is 24.2 Å². The maximum atomic E-state index is 12.7. The fourth-order valence-electron chi connectivity index (χ4n) is 3.35. The molecule has 1 atom stereocenters. The minimum atomic E-state index is -0.621. The highest BCUT2D eigenvalue weighted by Crippen LogP contribution is 2.32. The predicted molar refractivity (Wildman–Crippen MR) is 112 cm³/mol. The van der Waals surface area contributed by atoms with Gasteiger partial charge >= 0.3 is 0 Å². The number of carbonyl (C=O) groups is 2. The number of aromatic nitrogens is 3. The van der Waals surface area contributed by atoms with Gasteiger partial charge in [0.2, 0.25) is 5.91 Å². The third-order valence-corrected chi connectivity index (χ3v) is 5.92. The van der Waals surface area contributed by atoms with E-state index in [0.29, 0.717) is 16.8 Å². The van der Waals surface area contributed by atoms with Gasteiger partial charge in [0.15, 0.2) is 10.9 Å². The van der Waals surface area contributed by atoms with E-state index in [1.54, 1.807) is 19.1 Å². The number of carbonyl (C=O) groups excluding carboxylic acids is 2. The molecule has 30 heavy (non-hydrogen) atoms. The largest absolute Gasteiger partial charge is 0.360 e. The summed E-state index contributed by atoms with van der Waals surface area (Å²) < 4.78 is 6.08. The average Bonchev–Trinajstić information content (AvgIpc) is 3.28. The Morgan fingerprint density at radius 3 is 2.97 bits per heavy atom. The van der Waals surface area contributed by atoms with Gasteiger partial charge in [-0.1, -0.05) is 12.1 Å². The third-order valence-electron chi connectivity index (χ3n) is 4.88. The first-order valence-corrected chi connectivity index (χ1v) is 10.4. The summed E-state index contributed by atoms with van der Waals surface area (Å²) in [6.07, 6.45) is 4.46. The van der Waals surface area contributed by atoms with E-state index < -0.39 is 11.5 Å². The Morgan fingerprint density at radius 2 is 2.20 bits per heavy atom. The van der Waals surface area contributed by atoms with Crippen LogP contribution >= 0.6 is 11.3 Å². The van der Waals surface area contributed by atoms with Crippen molar-refractivity contribution in [3.8, 4) is 0 Å². The van der Waals surface area contributed by atoms with Crippen molar-refractivity contribution in [1.29, 1.82) is 0 Å². The van der Waals surface area contributed by atoms with E-state index in [1.807, 2.05) is 0 Å².